The Bertz CT molecular complexity index is 337. The third kappa shape index (κ3) is 3.62. The van der Waals surface area contributed by atoms with E-state index in [0.29, 0.717) is 13.2 Å². The molecule has 16 heavy (non-hydrogen) atoms. The first-order chi connectivity index (χ1) is 7.65. The molecule has 1 unspecified atom stereocenters. The quantitative estimate of drug-likeness (QED) is 0.686. The van der Waals surface area contributed by atoms with Crippen LogP contribution in [0.1, 0.15) is 19.7 Å². The third-order valence-corrected chi connectivity index (χ3v) is 2.24. The van der Waals surface area contributed by atoms with Gasteiger partial charge >= 0.3 is 5.97 Å². The zero-order chi connectivity index (χ0) is 12.0. The summed E-state index contributed by atoms with van der Waals surface area (Å²) in [6, 6.07) is -0.284. The zero-order valence-electron chi connectivity index (χ0n) is 9.93. The van der Waals surface area contributed by atoms with Crippen LogP contribution >= 0.6 is 0 Å². The normalized spacial score (nSPS) is 12.4. The van der Waals surface area contributed by atoms with E-state index in [-0.39, 0.29) is 12.0 Å². The Kier molecular flexibility index (Phi) is 4.91. The maximum absolute atomic E-state index is 11.3. The maximum atomic E-state index is 11.3. The Morgan fingerprint density at radius 3 is 3.00 bits per heavy atom. The molecule has 0 bridgehead atoms. The molecule has 0 saturated carbocycles. The van der Waals surface area contributed by atoms with Gasteiger partial charge in [0.15, 0.2) is 0 Å². The molecular weight excluding hydrogens is 208 g/mol. The van der Waals surface area contributed by atoms with Crippen LogP contribution in [-0.4, -0.2) is 39.9 Å². The van der Waals surface area contributed by atoms with Gasteiger partial charge in [0, 0.05) is 20.0 Å². The van der Waals surface area contributed by atoms with E-state index in [1.165, 1.54) is 0 Å². The zero-order valence-corrected chi connectivity index (χ0v) is 9.93. The second-order valence-electron chi connectivity index (χ2n) is 3.54. The molecule has 90 valence electrons. The molecule has 1 rings (SSSR count). The van der Waals surface area contributed by atoms with Gasteiger partial charge in [-0.1, -0.05) is 0 Å². The van der Waals surface area contributed by atoms with Crippen molar-refractivity contribution in [2.75, 3.05) is 13.2 Å². The lowest BCUT2D eigenvalue weighted by Crippen LogP contribution is -2.36. The van der Waals surface area contributed by atoms with E-state index in [1.807, 2.05) is 11.6 Å². The number of rotatable bonds is 6. The van der Waals surface area contributed by atoms with Gasteiger partial charge in [-0.25, -0.2) is 0 Å². The number of aryl methyl sites for hydroxylation is 1. The van der Waals surface area contributed by atoms with Crippen LogP contribution < -0.4 is 5.32 Å². The van der Waals surface area contributed by atoms with Crippen molar-refractivity contribution in [2.24, 2.45) is 7.05 Å². The molecular formula is C10H18N4O2. The van der Waals surface area contributed by atoms with E-state index in [1.54, 1.807) is 20.2 Å². The fourth-order valence-corrected chi connectivity index (χ4v) is 1.28. The first-order valence-electron chi connectivity index (χ1n) is 5.38. The summed E-state index contributed by atoms with van der Waals surface area (Å²) in [5.74, 6) is 0.670. The molecule has 1 aromatic heterocycles. The first kappa shape index (κ1) is 12.6. The van der Waals surface area contributed by atoms with Crippen molar-refractivity contribution in [3.63, 3.8) is 0 Å². The van der Waals surface area contributed by atoms with Gasteiger partial charge in [0.2, 0.25) is 0 Å². The van der Waals surface area contributed by atoms with Crippen molar-refractivity contribution >= 4 is 5.97 Å². The Morgan fingerprint density at radius 2 is 2.44 bits per heavy atom. The Labute approximate surface area is 95.0 Å². The molecule has 0 fully saturated rings. The molecule has 1 heterocycles. The van der Waals surface area contributed by atoms with Crippen LogP contribution in [0.15, 0.2) is 6.33 Å². The van der Waals surface area contributed by atoms with Crippen molar-refractivity contribution in [1.82, 2.24) is 20.1 Å². The summed E-state index contributed by atoms with van der Waals surface area (Å²) in [5, 5.41) is 10.8. The molecule has 6 nitrogen and oxygen atoms in total. The van der Waals surface area contributed by atoms with Crippen LogP contribution in [0.4, 0.5) is 0 Å². The number of ether oxygens (including phenoxy) is 1. The molecule has 0 aliphatic rings. The predicted molar refractivity (Wildman–Crippen MR) is 58.8 cm³/mol. The minimum Gasteiger partial charge on any atom is -0.465 e. The largest absolute Gasteiger partial charge is 0.465 e. The topological polar surface area (TPSA) is 69.0 Å². The average Bonchev–Trinajstić information content (AvgIpc) is 2.65. The highest BCUT2D eigenvalue weighted by atomic mass is 16.5. The van der Waals surface area contributed by atoms with Crippen molar-refractivity contribution in [3.8, 4) is 0 Å². The molecule has 1 aromatic rings. The molecule has 0 radical (unpaired) electrons. The predicted octanol–water partition coefficient (Wildman–Crippen LogP) is -0.101. The molecule has 0 aliphatic carbocycles. The number of carbonyl (C=O) groups is 1. The lowest BCUT2D eigenvalue weighted by Gasteiger charge is -2.11. The van der Waals surface area contributed by atoms with Crippen LogP contribution in [0.2, 0.25) is 0 Å². The molecule has 0 saturated heterocycles. The number of hydrogen-bond donors (Lipinski definition) is 1. The van der Waals surface area contributed by atoms with Crippen LogP contribution in [-0.2, 0) is 23.0 Å². The summed E-state index contributed by atoms with van der Waals surface area (Å²) in [4.78, 5) is 11.3. The minimum absolute atomic E-state index is 0.222. The molecule has 0 amide bonds. The van der Waals surface area contributed by atoms with E-state index in [9.17, 15) is 4.79 Å². The van der Waals surface area contributed by atoms with Crippen LogP contribution in [0.3, 0.4) is 0 Å². The van der Waals surface area contributed by atoms with Crippen molar-refractivity contribution in [2.45, 2.75) is 26.3 Å². The van der Waals surface area contributed by atoms with Gasteiger partial charge in [-0.2, -0.15) is 0 Å². The lowest BCUT2D eigenvalue weighted by molar-refractivity contribution is -0.145. The summed E-state index contributed by atoms with van der Waals surface area (Å²) in [5.41, 5.74) is 0. The highest BCUT2D eigenvalue weighted by molar-refractivity contribution is 5.75. The summed E-state index contributed by atoms with van der Waals surface area (Å²) >= 11 is 0. The molecule has 0 aromatic carbocycles. The van der Waals surface area contributed by atoms with Gasteiger partial charge in [0.05, 0.1) is 6.61 Å². The summed E-state index contributed by atoms with van der Waals surface area (Å²) < 4.78 is 6.74. The van der Waals surface area contributed by atoms with Gasteiger partial charge in [-0.05, 0) is 13.8 Å². The fourth-order valence-electron chi connectivity index (χ4n) is 1.28. The third-order valence-electron chi connectivity index (χ3n) is 2.24. The highest BCUT2D eigenvalue weighted by Crippen LogP contribution is 1.93. The first-order valence-corrected chi connectivity index (χ1v) is 5.38. The van der Waals surface area contributed by atoms with Crippen molar-refractivity contribution in [1.29, 1.82) is 0 Å². The smallest absolute Gasteiger partial charge is 0.322 e. The van der Waals surface area contributed by atoms with E-state index in [2.05, 4.69) is 15.5 Å². The summed E-state index contributed by atoms with van der Waals surface area (Å²) in [7, 11) is 1.89. The monoisotopic (exact) mass is 226 g/mol. The van der Waals surface area contributed by atoms with E-state index >= 15 is 0 Å². The van der Waals surface area contributed by atoms with E-state index in [4.69, 9.17) is 4.74 Å². The molecule has 0 aliphatic heterocycles. The second kappa shape index (κ2) is 6.22. The fraction of sp³-hybridized carbons (Fsp3) is 0.700. The number of carbonyl (C=O) groups excluding carboxylic acids is 1. The van der Waals surface area contributed by atoms with Crippen LogP contribution in [0, 0.1) is 0 Å². The number of nitrogens with one attached hydrogen (secondary N) is 1. The van der Waals surface area contributed by atoms with Gasteiger partial charge in [-0.15, -0.1) is 10.2 Å². The molecule has 0 spiro atoms. The van der Waals surface area contributed by atoms with Gasteiger partial charge in [0.25, 0.3) is 0 Å². The highest BCUT2D eigenvalue weighted by Gasteiger charge is 2.12. The Hall–Kier alpha value is -1.43. The van der Waals surface area contributed by atoms with Crippen LogP contribution in [0.25, 0.3) is 0 Å². The van der Waals surface area contributed by atoms with Gasteiger partial charge in [0.1, 0.15) is 18.2 Å². The van der Waals surface area contributed by atoms with Crippen molar-refractivity contribution in [3.05, 3.63) is 12.2 Å². The Morgan fingerprint density at radius 1 is 1.69 bits per heavy atom. The van der Waals surface area contributed by atoms with Crippen molar-refractivity contribution < 1.29 is 9.53 Å². The minimum atomic E-state index is -0.284. The molecule has 6 heteroatoms. The summed E-state index contributed by atoms with van der Waals surface area (Å²) in [6.45, 7) is 4.67. The SMILES string of the molecule is CCOC(=O)C(C)NCCc1nncn1C. The number of nitrogens with zero attached hydrogens (tertiary/aromatic N) is 3. The number of hydrogen-bond acceptors (Lipinski definition) is 5. The van der Waals surface area contributed by atoms with E-state index in [0.717, 1.165) is 12.2 Å². The number of esters is 1. The lowest BCUT2D eigenvalue weighted by atomic mass is 10.3. The van der Waals surface area contributed by atoms with Crippen LogP contribution in [0.5, 0.6) is 0 Å². The van der Waals surface area contributed by atoms with E-state index < -0.39 is 0 Å². The molecule has 1 atom stereocenters. The summed E-state index contributed by atoms with van der Waals surface area (Å²) in [6.07, 6.45) is 2.39. The standard InChI is InChI=1S/C10H18N4O2/c1-4-16-10(15)8(2)11-6-5-9-13-12-7-14(9)3/h7-8,11H,4-6H2,1-3H3. The molecule has 1 N–H and O–H groups in total. The Balaban J connectivity index is 2.25. The maximum Gasteiger partial charge on any atom is 0.322 e. The van der Waals surface area contributed by atoms with Gasteiger partial charge < -0.3 is 14.6 Å². The second-order valence-corrected chi connectivity index (χ2v) is 3.54. The number of aromatic nitrogens is 3. The van der Waals surface area contributed by atoms with Gasteiger partial charge in [-0.3, -0.25) is 4.79 Å². The average molecular weight is 226 g/mol.